The molecule has 0 bridgehead atoms. The van der Waals surface area contributed by atoms with E-state index in [1.54, 1.807) is 12.1 Å². The minimum atomic E-state index is -0.347. The molecule has 20 heavy (non-hydrogen) atoms. The SMILES string of the molecule is CCNc1c(F)cccc1C(=O)N(CC1CC1)C1CC1. The van der Waals surface area contributed by atoms with E-state index in [-0.39, 0.29) is 11.7 Å². The van der Waals surface area contributed by atoms with Gasteiger partial charge < -0.3 is 10.2 Å². The number of carbonyl (C=O) groups is 1. The van der Waals surface area contributed by atoms with E-state index in [4.69, 9.17) is 0 Å². The van der Waals surface area contributed by atoms with Crippen LogP contribution in [0.5, 0.6) is 0 Å². The smallest absolute Gasteiger partial charge is 0.256 e. The normalized spacial score (nSPS) is 17.9. The van der Waals surface area contributed by atoms with Crippen LogP contribution in [0.25, 0.3) is 0 Å². The molecule has 3 rings (SSSR count). The Kier molecular flexibility index (Phi) is 3.64. The van der Waals surface area contributed by atoms with Crippen LogP contribution in [0.3, 0.4) is 0 Å². The predicted octanol–water partition coefficient (Wildman–Crippen LogP) is 3.27. The number of amides is 1. The number of hydrogen-bond acceptors (Lipinski definition) is 2. The average molecular weight is 276 g/mol. The lowest BCUT2D eigenvalue weighted by molar-refractivity contribution is 0.0735. The number of hydrogen-bond donors (Lipinski definition) is 1. The first kappa shape index (κ1) is 13.4. The van der Waals surface area contributed by atoms with Crippen LogP contribution in [0.4, 0.5) is 10.1 Å². The van der Waals surface area contributed by atoms with E-state index in [9.17, 15) is 9.18 Å². The summed E-state index contributed by atoms with van der Waals surface area (Å²) >= 11 is 0. The molecule has 1 aromatic rings. The van der Waals surface area contributed by atoms with E-state index in [2.05, 4.69) is 5.32 Å². The van der Waals surface area contributed by atoms with Crippen LogP contribution in [-0.2, 0) is 0 Å². The van der Waals surface area contributed by atoms with Crippen molar-refractivity contribution in [2.24, 2.45) is 5.92 Å². The van der Waals surface area contributed by atoms with Gasteiger partial charge in [-0.3, -0.25) is 4.79 Å². The third-order valence-electron chi connectivity index (χ3n) is 4.00. The predicted molar refractivity (Wildman–Crippen MR) is 77.3 cm³/mol. The topological polar surface area (TPSA) is 32.3 Å². The first-order chi connectivity index (χ1) is 9.70. The van der Waals surface area contributed by atoms with Crippen molar-refractivity contribution in [2.45, 2.75) is 38.6 Å². The maximum atomic E-state index is 13.9. The van der Waals surface area contributed by atoms with Gasteiger partial charge in [0.05, 0.1) is 11.3 Å². The molecular formula is C16H21FN2O. The van der Waals surface area contributed by atoms with Gasteiger partial charge in [-0.15, -0.1) is 0 Å². The maximum absolute atomic E-state index is 13.9. The fraction of sp³-hybridized carbons (Fsp3) is 0.562. The lowest BCUT2D eigenvalue weighted by atomic mass is 10.1. The summed E-state index contributed by atoms with van der Waals surface area (Å²) in [6.45, 7) is 3.35. The first-order valence-electron chi connectivity index (χ1n) is 7.54. The highest BCUT2D eigenvalue weighted by atomic mass is 19.1. The molecule has 3 nitrogen and oxygen atoms in total. The highest BCUT2D eigenvalue weighted by Crippen LogP contribution is 2.36. The molecule has 4 heteroatoms. The Bertz CT molecular complexity index is 509. The molecule has 1 aromatic carbocycles. The summed E-state index contributed by atoms with van der Waals surface area (Å²) in [6.07, 6.45) is 4.62. The molecule has 0 aliphatic heterocycles. The molecule has 0 heterocycles. The highest BCUT2D eigenvalue weighted by molar-refractivity contribution is 6.00. The zero-order valence-electron chi connectivity index (χ0n) is 11.9. The van der Waals surface area contributed by atoms with Crippen LogP contribution in [-0.4, -0.2) is 29.9 Å². The molecule has 1 amide bonds. The van der Waals surface area contributed by atoms with Gasteiger partial charge in [-0.1, -0.05) is 6.07 Å². The molecule has 108 valence electrons. The monoisotopic (exact) mass is 276 g/mol. The Morgan fingerprint density at radius 3 is 2.70 bits per heavy atom. The largest absolute Gasteiger partial charge is 0.382 e. The average Bonchev–Trinajstić information content (AvgIpc) is 3.30. The van der Waals surface area contributed by atoms with E-state index >= 15 is 0 Å². The van der Waals surface area contributed by atoms with Gasteiger partial charge in [0.15, 0.2) is 0 Å². The number of halogens is 1. The first-order valence-corrected chi connectivity index (χ1v) is 7.54. The summed E-state index contributed by atoms with van der Waals surface area (Å²) in [5.41, 5.74) is 0.820. The van der Waals surface area contributed by atoms with Crippen LogP contribution in [0, 0.1) is 11.7 Å². The Labute approximate surface area is 119 Å². The van der Waals surface area contributed by atoms with Gasteiger partial charge in [0.1, 0.15) is 5.82 Å². The van der Waals surface area contributed by atoms with E-state index in [0.717, 1.165) is 19.4 Å². The van der Waals surface area contributed by atoms with E-state index in [1.165, 1.54) is 18.9 Å². The summed E-state index contributed by atoms with van der Waals surface area (Å²) in [4.78, 5) is 14.7. The van der Waals surface area contributed by atoms with Gasteiger partial charge >= 0.3 is 0 Å². The summed E-state index contributed by atoms with van der Waals surface area (Å²) in [6, 6.07) is 5.12. The van der Waals surface area contributed by atoms with Gasteiger partial charge in [-0.05, 0) is 50.7 Å². The number of rotatable bonds is 6. The van der Waals surface area contributed by atoms with Gasteiger partial charge in [-0.2, -0.15) is 0 Å². The van der Waals surface area contributed by atoms with Crippen LogP contribution in [0.15, 0.2) is 18.2 Å². The molecule has 0 aromatic heterocycles. The van der Waals surface area contributed by atoms with E-state index in [0.29, 0.717) is 29.8 Å². The zero-order valence-corrected chi connectivity index (χ0v) is 11.9. The van der Waals surface area contributed by atoms with Crippen molar-refractivity contribution in [1.29, 1.82) is 0 Å². The van der Waals surface area contributed by atoms with Gasteiger partial charge in [-0.25, -0.2) is 4.39 Å². The third kappa shape index (κ3) is 2.79. The maximum Gasteiger partial charge on any atom is 0.256 e. The van der Waals surface area contributed by atoms with Crippen LogP contribution < -0.4 is 5.32 Å². The molecule has 1 N–H and O–H groups in total. The standard InChI is InChI=1S/C16H21FN2O/c1-2-18-15-13(4-3-5-14(15)17)16(20)19(12-8-9-12)10-11-6-7-11/h3-5,11-12,18H,2,6-10H2,1H3. The second-order valence-corrected chi connectivity index (χ2v) is 5.82. The minimum absolute atomic E-state index is 0.0187. The van der Waals surface area contributed by atoms with Gasteiger partial charge in [0, 0.05) is 19.1 Å². The van der Waals surface area contributed by atoms with Crippen molar-refractivity contribution < 1.29 is 9.18 Å². The number of anilines is 1. The summed E-state index contributed by atoms with van der Waals surface area (Å²) in [5, 5.41) is 2.99. The summed E-state index contributed by atoms with van der Waals surface area (Å²) < 4.78 is 13.9. The Morgan fingerprint density at radius 2 is 2.10 bits per heavy atom. The van der Waals surface area contributed by atoms with Crippen LogP contribution in [0.1, 0.15) is 43.0 Å². The quantitative estimate of drug-likeness (QED) is 0.865. The fourth-order valence-electron chi connectivity index (χ4n) is 2.58. The molecule has 0 atom stereocenters. The molecule has 0 spiro atoms. The van der Waals surface area contributed by atoms with Gasteiger partial charge in [0.2, 0.25) is 0 Å². The van der Waals surface area contributed by atoms with Crippen molar-refractivity contribution in [3.63, 3.8) is 0 Å². The number of benzene rings is 1. The van der Waals surface area contributed by atoms with Crippen molar-refractivity contribution >= 4 is 11.6 Å². The van der Waals surface area contributed by atoms with Crippen LogP contribution >= 0.6 is 0 Å². The number of carbonyl (C=O) groups excluding carboxylic acids is 1. The molecule has 2 aliphatic rings. The number of para-hydroxylation sites is 1. The fourth-order valence-corrected chi connectivity index (χ4v) is 2.58. The second-order valence-electron chi connectivity index (χ2n) is 5.82. The molecule has 0 unspecified atom stereocenters. The Morgan fingerprint density at radius 1 is 1.35 bits per heavy atom. The Balaban J connectivity index is 1.85. The molecule has 0 radical (unpaired) electrons. The molecule has 0 saturated heterocycles. The third-order valence-corrected chi connectivity index (χ3v) is 4.00. The molecule has 2 aliphatic carbocycles. The summed E-state index contributed by atoms with van der Waals surface area (Å²) in [7, 11) is 0. The number of nitrogens with one attached hydrogen (secondary N) is 1. The van der Waals surface area contributed by atoms with Crippen molar-refractivity contribution in [3.8, 4) is 0 Å². The minimum Gasteiger partial charge on any atom is -0.382 e. The van der Waals surface area contributed by atoms with Gasteiger partial charge in [0.25, 0.3) is 5.91 Å². The number of nitrogens with zero attached hydrogens (tertiary/aromatic N) is 1. The highest BCUT2D eigenvalue weighted by Gasteiger charge is 2.37. The molecular weight excluding hydrogens is 255 g/mol. The van der Waals surface area contributed by atoms with E-state index in [1.807, 2.05) is 11.8 Å². The summed E-state index contributed by atoms with van der Waals surface area (Å²) in [5.74, 6) is 0.297. The van der Waals surface area contributed by atoms with Crippen molar-refractivity contribution in [3.05, 3.63) is 29.6 Å². The van der Waals surface area contributed by atoms with E-state index < -0.39 is 0 Å². The van der Waals surface area contributed by atoms with Crippen LogP contribution in [0.2, 0.25) is 0 Å². The van der Waals surface area contributed by atoms with Crippen molar-refractivity contribution in [1.82, 2.24) is 4.90 Å². The second kappa shape index (κ2) is 5.43. The lowest BCUT2D eigenvalue weighted by Crippen LogP contribution is -2.35. The zero-order chi connectivity index (χ0) is 14.1. The Hall–Kier alpha value is -1.58. The lowest BCUT2D eigenvalue weighted by Gasteiger charge is -2.24. The van der Waals surface area contributed by atoms with Crippen molar-refractivity contribution in [2.75, 3.05) is 18.4 Å². The molecule has 2 fully saturated rings. The molecule has 2 saturated carbocycles.